The van der Waals surface area contributed by atoms with Crippen LogP contribution in [0.5, 0.6) is 0 Å². The summed E-state index contributed by atoms with van der Waals surface area (Å²) in [5, 5.41) is 20.9. The third-order valence-electron chi connectivity index (χ3n) is 4.04. The van der Waals surface area contributed by atoms with E-state index >= 15 is 0 Å². The van der Waals surface area contributed by atoms with Crippen molar-refractivity contribution < 1.29 is 0 Å². The van der Waals surface area contributed by atoms with Crippen molar-refractivity contribution in [3.63, 3.8) is 0 Å². The highest BCUT2D eigenvalue weighted by molar-refractivity contribution is 5.32. The summed E-state index contributed by atoms with van der Waals surface area (Å²) in [6.07, 6.45) is 3.47. The Morgan fingerprint density at radius 1 is 1.29 bits per heavy atom. The lowest BCUT2D eigenvalue weighted by atomic mass is 10.1. The van der Waals surface area contributed by atoms with Crippen molar-refractivity contribution >= 4 is 0 Å². The van der Waals surface area contributed by atoms with Crippen LogP contribution in [0.25, 0.3) is 0 Å². The molecule has 1 atom stereocenters. The van der Waals surface area contributed by atoms with E-state index in [2.05, 4.69) is 33.1 Å². The van der Waals surface area contributed by atoms with Crippen LogP contribution in [-0.2, 0) is 19.5 Å². The SMILES string of the molecule is CC(NCc1nnc2n1CCCC2)c1ccc(C#N)cc1. The molecule has 2 heterocycles. The van der Waals surface area contributed by atoms with Gasteiger partial charge in [0.05, 0.1) is 18.2 Å². The van der Waals surface area contributed by atoms with Gasteiger partial charge in [-0.1, -0.05) is 12.1 Å². The second-order valence-corrected chi connectivity index (χ2v) is 5.48. The summed E-state index contributed by atoms with van der Waals surface area (Å²) >= 11 is 0. The molecule has 1 unspecified atom stereocenters. The van der Waals surface area contributed by atoms with Gasteiger partial charge in [0.25, 0.3) is 0 Å². The van der Waals surface area contributed by atoms with E-state index in [1.807, 2.05) is 24.3 Å². The Balaban J connectivity index is 1.64. The van der Waals surface area contributed by atoms with E-state index in [1.165, 1.54) is 18.4 Å². The number of benzene rings is 1. The first-order valence-corrected chi connectivity index (χ1v) is 7.42. The van der Waals surface area contributed by atoms with Crippen molar-refractivity contribution in [1.29, 1.82) is 5.26 Å². The maximum absolute atomic E-state index is 8.82. The second kappa shape index (κ2) is 6.06. The van der Waals surface area contributed by atoms with Crippen molar-refractivity contribution in [1.82, 2.24) is 20.1 Å². The molecule has 0 spiro atoms. The molecule has 1 aromatic heterocycles. The van der Waals surface area contributed by atoms with E-state index in [0.717, 1.165) is 24.6 Å². The molecule has 0 amide bonds. The largest absolute Gasteiger partial charge is 0.314 e. The van der Waals surface area contributed by atoms with Gasteiger partial charge in [-0.3, -0.25) is 0 Å². The second-order valence-electron chi connectivity index (χ2n) is 5.48. The van der Waals surface area contributed by atoms with Crippen LogP contribution in [-0.4, -0.2) is 14.8 Å². The summed E-state index contributed by atoms with van der Waals surface area (Å²) < 4.78 is 2.24. The molecule has 108 valence electrons. The first kappa shape index (κ1) is 13.8. The van der Waals surface area contributed by atoms with Gasteiger partial charge in [-0.05, 0) is 37.5 Å². The quantitative estimate of drug-likeness (QED) is 0.934. The zero-order valence-corrected chi connectivity index (χ0v) is 12.2. The first-order valence-electron chi connectivity index (χ1n) is 7.42. The van der Waals surface area contributed by atoms with Gasteiger partial charge in [0.1, 0.15) is 11.6 Å². The molecular weight excluding hydrogens is 262 g/mol. The summed E-state index contributed by atoms with van der Waals surface area (Å²) in [6.45, 7) is 3.87. The fourth-order valence-electron chi connectivity index (χ4n) is 2.71. The highest BCUT2D eigenvalue weighted by Crippen LogP contribution is 2.16. The Morgan fingerprint density at radius 3 is 2.86 bits per heavy atom. The zero-order valence-electron chi connectivity index (χ0n) is 12.2. The standard InChI is InChI=1S/C16H19N5/c1-12(14-7-5-13(10-17)6-8-14)18-11-16-20-19-15-4-2-3-9-21(15)16/h5-8,12,18H,2-4,9,11H2,1H3. The number of nitriles is 1. The van der Waals surface area contributed by atoms with Crippen LogP contribution in [0.4, 0.5) is 0 Å². The number of aryl methyl sites for hydroxylation is 1. The lowest BCUT2D eigenvalue weighted by Gasteiger charge is -2.17. The van der Waals surface area contributed by atoms with Crippen LogP contribution in [0.1, 0.15) is 48.6 Å². The molecule has 0 saturated heterocycles. The average Bonchev–Trinajstić information content (AvgIpc) is 2.96. The number of aromatic nitrogens is 3. The van der Waals surface area contributed by atoms with Crippen molar-refractivity contribution in [2.75, 3.05) is 0 Å². The van der Waals surface area contributed by atoms with Gasteiger partial charge in [0, 0.05) is 19.0 Å². The maximum atomic E-state index is 8.82. The summed E-state index contributed by atoms with van der Waals surface area (Å²) in [6, 6.07) is 10.1. The fourth-order valence-corrected chi connectivity index (χ4v) is 2.71. The number of hydrogen-bond donors (Lipinski definition) is 1. The Kier molecular flexibility index (Phi) is 3.98. The fraction of sp³-hybridized carbons (Fsp3) is 0.438. The minimum atomic E-state index is 0.217. The molecule has 0 bridgehead atoms. The summed E-state index contributed by atoms with van der Waals surface area (Å²) in [7, 11) is 0. The average molecular weight is 281 g/mol. The monoisotopic (exact) mass is 281 g/mol. The number of hydrogen-bond acceptors (Lipinski definition) is 4. The Bertz CT molecular complexity index is 650. The third kappa shape index (κ3) is 2.96. The molecule has 1 aromatic carbocycles. The molecule has 0 aliphatic carbocycles. The summed E-state index contributed by atoms with van der Waals surface area (Å²) in [5.41, 5.74) is 1.87. The van der Waals surface area contributed by atoms with Gasteiger partial charge in [-0.15, -0.1) is 10.2 Å². The number of fused-ring (bicyclic) bond motifs is 1. The normalized spacial score (nSPS) is 15.2. The van der Waals surface area contributed by atoms with E-state index in [9.17, 15) is 0 Å². The van der Waals surface area contributed by atoms with E-state index in [0.29, 0.717) is 12.1 Å². The Labute approximate surface area is 124 Å². The van der Waals surface area contributed by atoms with Crippen LogP contribution in [0.3, 0.4) is 0 Å². The molecule has 5 nitrogen and oxygen atoms in total. The van der Waals surface area contributed by atoms with Gasteiger partial charge < -0.3 is 9.88 Å². The van der Waals surface area contributed by atoms with Gasteiger partial charge in [0.2, 0.25) is 0 Å². The van der Waals surface area contributed by atoms with Gasteiger partial charge >= 0.3 is 0 Å². The molecule has 0 radical (unpaired) electrons. The Morgan fingerprint density at radius 2 is 2.10 bits per heavy atom. The number of nitrogens with one attached hydrogen (secondary N) is 1. The smallest absolute Gasteiger partial charge is 0.147 e. The Hall–Kier alpha value is -2.19. The molecule has 21 heavy (non-hydrogen) atoms. The molecule has 2 aromatic rings. The van der Waals surface area contributed by atoms with E-state index in [1.54, 1.807) is 0 Å². The highest BCUT2D eigenvalue weighted by atomic mass is 15.3. The van der Waals surface area contributed by atoms with E-state index in [-0.39, 0.29) is 6.04 Å². The van der Waals surface area contributed by atoms with Crippen LogP contribution in [0, 0.1) is 11.3 Å². The lowest BCUT2D eigenvalue weighted by molar-refractivity contribution is 0.484. The first-order chi connectivity index (χ1) is 10.3. The third-order valence-corrected chi connectivity index (χ3v) is 4.04. The topological polar surface area (TPSA) is 66.5 Å². The van der Waals surface area contributed by atoms with E-state index < -0.39 is 0 Å². The predicted molar refractivity (Wildman–Crippen MR) is 79.4 cm³/mol. The van der Waals surface area contributed by atoms with Crippen molar-refractivity contribution in [2.45, 2.75) is 45.3 Å². The molecule has 0 saturated carbocycles. The number of rotatable bonds is 4. The molecule has 0 fully saturated rings. The van der Waals surface area contributed by atoms with Crippen molar-refractivity contribution in [3.05, 3.63) is 47.0 Å². The molecule has 5 heteroatoms. The highest BCUT2D eigenvalue weighted by Gasteiger charge is 2.16. The summed E-state index contributed by atoms with van der Waals surface area (Å²) in [5.74, 6) is 2.13. The van der Waals surface area contributed by atoms with Crippen LogP contribution < -0.4 is 5.32 Å². The number of nitrogens with zero attached hydrogens (tertiary/aromatic N) is 4. The molecular formula is C16H19N5. The molecule has 1 N–H and O–H groups in total. The molecule has 1 aliphatic heterocycles. The molecule has 3 rings (SSSR count). The minimum Gasteiger partial charge on any atom is -0.314 e. The lowest BCUT2D eigenvalue weighted by Crippen LogP contribution is -2.22. The van der Waals surface area contributed by atoms with Crippen molar-refractivity contribution in [3.8, 4) is 6.07 Å². The van der Waals surface area contributed by atoms with Crippen LogP contribution in [0.2, 0.25) is 0 Å². The van der Waals surface area contributed by atoms with Crippen LogP contribution >= 0.6 is 0 Å². The maximum Gasteiger partial charge on any atom is 0.147 e. The van der Waals surface area contributed by atoms with Crippen LogP contribution in [0.15, 0.2) is 24.3 Å². The molecule has 1 aliphatic rings. The van der Waals surface area contributed by atoms with Gasteiger partial charge in [-0.2, -0.15) is 5.26 Å². The minimum absolute atomic E-state index is 0.217. The van der Waals surface area contributed by atoms with Gasteiger partial charge in [0.15, 0.2) is 0 Å². The van der Waals surface area contributed by atoms with Gasteiger partial charge in [-0.25, -0.2) is 0 Å². The zero-order chi connectivity index (χ0) is 14.7. The van der Waals surface area contributed by atoms with E-state index in [4.69, 9.17) is 5.26 Å². The summed E-state index contributed by atoms with van der Waals surface area (Å²) in [4.78, 5) is 0. The predicted octanol–water partition coefficient (Wildman–Crippen LogP) is 2.34. The van der Waals surface area contributed by atoms with Crippen molar-refractivity contribution in [2.24, 2.45) is 0 Å².